The number of likely N-dealkylation sites (tertiary alicyclic amines) is 1. The minimum atomic E-state index is -1.29. The molecule has 1 heterocycles. The molecule has 14 heteroatoms. The molecule has 34 heavy (non-hydrogen) atoms. The second kappa shape index (κ2) is 13.3. The average molecular weight is 485 g/mol. The Kier molecular flexibility index (Phi) is 11.2. The molecule has 0 aromatic rings. The molecule has 1 saturated heterocycles. The van der Waals surface area contributed by atoms with Gasteiger partial charge in [0.15, 0.2) is 5.96 Å². The molecular weight excluding hydrogens is 448 g/mol. The molecule has 1 fully saturated rings. The zero-order valence-electron chi connectivity index (χ0n) is 19.5. The van der Waals surface area contributed by atoms with Gasteiger partial charge in [-0.25, -0.2) is 4.79 Å². The lowest BCUT2D eigenvalue weighted by atomic mass is 10.0. The van der Waals surface area contributed by atoms with E-state index in [1.54, 1.807) is 13.8 Å². The number of aliphatic carboxylic acids is 1. The van der Waals surface area contributed by atoms with E-state index in [9.17, 15) is 29.1 Å². The molecule has 0 saturated carbocycles. The zero-order chi connectivity index (χ0) is 26.0. The number of aliphatic imine (C=N–C) groups is 1. The van der Waals surface area contributed by atoms with E-state index in [1.807, 2.05) is 0 Å². The molecule has 1 aliphatic rings. The SMILES string of the molecule is CC(C)C(N)C(=O)NC(CC(N)=O)C(=O)N1CCCC1C(=O)NC(CCCN=C(N)N)C(=O)O. The fraction of sp³-hybridized carbons (Fsp3) is 0.700. The Morgan fingerprint density at radius 3 is 2.26 bits per heavy atom. The fourth-order valence-corrected chi connectivity index (χ4v) is 3.50. The molecule has 11 N–H and O–H groups in total. The van der Waals surface area contributed by atoms with Gasteiger partial charge >= 0.3 is 5.97 Å². The summed E-state index contributed by atoms with van der Waals surface area (Å²) in [6, 6.07) is -4.36. The number of carbonyl (C=O) groups excluding carboxylic acids is 4. The van der Waals surface area contributed by atoms with E-state index in [2.05, 4.69) is 15.6 Å². The van der Waals surface area contributed by atoms with Crippen LogP contribution < -0.4 is 33.6 Å². The number of primary amides is 1. The average Bonchev–Trinajstić information content (AvgIpc) is 3.23. The van der Waals surface area contributed by atoms with Crippen molar-refractivity contribution in [1.29, 1.82) is 0 Å². The summed E-state index contributed by atoms with van der Waals surface area (Å²) < 4.78 is 0. The lowest BCUT2D eigenvalue weighted by Gasteiger charge is -2.29. The summed E-state index contributed by atoms with van der Waals surface area (Å²) in [6.07, 6.45) is 0.690. The van der Waals surface area contributed by atoms with Gasteiger partial charge in [0, 0.05) is 13.1 Å². The summed E-state index contributed by atoms with van der Waals surface area (Å²) in [5, 5.41) is 14.3. The highest BCUT2D eigenvalue weighted by Crippen LogP contribution is 2.20. The van der Waals surface area contributed by atoms with Crippen molar-refractivity contribution in [2.75, 3.05) is 13.1 Å². The Labute approximate surface area is 197 Å². The topological polar surface area (TPSA) is 249 Å². The number of nitrogens with two attached hydrogens (primary N) is 4. The minimum absolute atomic E-state index is 0.0754. The van der Waals surface area contributed by atoms with Crippen LogP contribution in [-0.2, 0) is 24.0 Å². The van der Waals surface area contributed by atoms with Gasteiger partial charge in [-0.05, 0) is 31.6 Å². The Hall–Kier alpha value is -3.42. The zero-order valence-corrected chi connectivity index (χ0v) is 19.5. The van der Waals surface area contributed by atoms with Crippen molar-refractivity contribution in [3.8, 4) is 0 Å². The highest BCUT2D eigenvalue weighted by atomic mass is 16.4. The molecule has 14 nitrogen and oxygen atoms in total. The first kappa shape index (κ1) is 28.6. The van der Waals surface area contributed by atoms with E-state index in [-0.39, 0.29) is 31.4 Å². The predicted molar refractivity (Wildman–Crippen MR) is 123 cm³/mol. The standard InChI is InChI=1S/C20H36N8O6/c1-10(2)15(22)17(31)27-12(9-14(21)29)18(32)28-8-4-6-13(28)16(30)26-11(19(33)34)5-3-7-25-20(23)24/h10-13,15H,3-9,22H2,1-2H3,(H2,21,29)(H,26,30)(H,27,31)(H,33,34)(H4,23,24,25). The summed E-state index contributed by atoms with van der Waals surface area (Å²) in [7, 11) is 0. The molecule has 0 aromatic carbocycles. The molecule has 1 aliphatic heterocycles. The number of hydrogen-bond donors (Lipinski definition) is 7. The van der Waals surface area contributed by atoms with Gasteiger partial charge in [-0.2, -0.15) is 0 Å². The van der Waals surface area contributed by atoms with E-state index < -0.39 is 60.2 Å². The van der Waals surface area contributed by atoms with Crippen molar-refractivity contribution >= 4 is 35.6 Å². The Bertz CT molecular complexity index is 798. The first-order valence-corrected chi connectivity index (χ1v) is 11.1. The van der Waals surface area contributed by atoms with Gasteiger partial charge in [-0.1, -0.05) is 13.8 Å². The van der Waals surface area contributed by atoms with Crippen molar-refractivity contribution in [3.63, 3.8) is 0 Å². The molecule has 0 bridgehead atoms. The maximum absolute atomic E-state index is 13.1. The van der Waals surface area contributed by atoms with Crippen LogP contribution in [0.2, 0.25) is 0 Å². The molecule has 0 spiro atoms. The van der Waals surface area contributed by atoms with Crippen molar-refractivity contribution < 1.29 is 29.1 Å². The minimum Gasteiger partial charge on any atom is -0.480 e. The first-order valence-electron chi connectivity index (χ1n) is 11.1. The van der Waals surface area contributed by atoms with Crippen molar-refractivity contribution in [2.45, 2.75) is 70.1 Å². The number of carboxylic acids is 1. The van der Waals surface area contributed by atoms with Crippen LogP contribution in [0.1, 0.15) is 46.0 Å². The van der Waals surface area contributed by atoms with E-state index in [1.165, 1.54) is 4.90 Å². The third kappa shape index (κ3) is 8.84. The summed E-state index contributed by atoms with van der Waals surface area (Å²) in [5.41, 5.74) is 21.5. The van der Waals surface area contributed by atoms with E-state index >= 15 is 0 Å². The van der Waals surface area contributed by atoms with E-state index in [0.717, 1.165) is 0 Å². The maximum Gasteiger partial charge on any atom is 0.326 e. The molecule has 4 atom stereocenters. The molecule has 0 radical (unpaired) electrons. The van der Waals surface area contributed by atoms with Gasteiger partial charge < -0.3 is 43.6 Å². The Morgan fingerprint density at radius 2 is 1.74 bits per heavy atom. The molecule has 0 aliphatic carbocycles. The normalized spacial score (nSPS) is 18.0. The number of carboxylic acid groups (broad SMARTS) is 1. The highest BCUT2D eigenvalue weighted by molar-refractivity contribution is 5.96. The van der Waals surface area contributed by atoms with Crippen LogP contribution in [0, 0.1) is 5.92 Å². The quantitative estimate of drug-likeness (QED) is 0.0795. The lowest BCUT2D eigenvalue weighted by Crippen LogP contribution is -2.58. The number of nitrogens with zero attached hydrogens (tertiary/aromatic N) is 2. The van der Waals surface area contributed by atoms with E-state index in [0.29, 0.717) is 19.3 Å². The summed E-state index contributed by atoms with van der Waals surface area (Å²) >= 11 is 0. The van der Waals surface area contributed by atoms with Crippen LogP contribution in [0.5, 0.6) is 0 Å². The van der Waals surface area contributed by atoms with Gasteiger partial charge in [0.2, 0.25) is 23.6 Å². The van der Waals surface area contributed by atoms with E-state index in [4.69, 9.17) is 22.9 Å². The van der Waals surface area contributed by atoms with Crippen molar-refractivity contribution in [2.24, 2.45) is 33.8 Å². The maximum atomic E-state index is 13.1. The van der Waals surface area contributed by atoms with Crippen molar-refractivity contribution in [3.05, 3.63) is 0 Å². The van der Waals surface area contributed by atoms with Crippen LogP contribution in [-0.4, -0.2) is 82.8 Å². The second-order valence-corrected chi connectivity index (χ2v) is 8.54. The lowest BCUT2D eigenvalue weighted by molar-refractivity contribution is -0.145. The van der Waals surface area contributed by atoms with Gasteiger partial charge in [0.05, 0.1) is 12.5 Å². The van der Waals surface area contributed by atoms with Crippen LogP contribution in [0.3, 0.4) is 0 Å². The molecule has 4 unspecified atom stereocenters. The smallest absolute Gasteiger partial charge is 0.326 e. The number of hydrogen-bond acceptors (Lipinski definition) is 7. The first-order chi connectivity index (χ1) is 15.8. The summed E-state index contributed by atoms with van der Waals surface area (Å²) in [4.78, 5) is 66.4. The summed E-state index contributed by atoms with van der Waals surface area (Å²) in [6.45, 7) is 3.85. The molecule has 0 aromatic heterocycles. The van der Waals surface area contributed by atoms with Gasteiger partial charge in [-0.15, -0.1) is 0 Å². The van der Waals surface area contributed by atoms with Gasteiger partial charge in [-0.3, -0.25) is 24.2 Å². The fourth-order valence-electron chi connectivity index (χ4n) is 3.50. The van der Waals surface area contributed by atoms with Gasteiger partial charge in [0.1, 0.15) is 18.1 Å². The molecular formula is C20H36N8O6. The highest BCUT2D eigenvalue weighted by Gasteiger charge is 2.39. The number of amides is 4. The number of guanidine groups is 1. The Morgan fingerprint density at radius 1 is 1.09 bits per heavy atom. The van der Waals surface area contributed by atoms with Crippen LogP contribution >= 0.6 is 0 Å². The third-order valence-electron chi connectivity index (χ3n) is 5.44. The van der Waals surface area contributed by atoms with Crippen LogP contribution in [0.25, 0.3) is 0 Å². The summed E-state index contributed by atoms with van der Waals surface area (Å²) in [5.74, 6) is -4.33. The second-order valence-electron chi connectivity index (χ2n) is 8.54. The van der Waals surface area contributed by atoms with Gasteiger partial charge in [0.25, 0.3) is 0 Å². The molecule has 192 valence electrons. The monoisotopic (exact) mass is 484 g/mol. The molecule has 4 amide bonds. The largest absolute Gasteiger partial charge is 0.480 e. The number of rotatable bonds is 13. The number of carbonyl (C=O) groups is 5. The Balaban J connectivity index is 2.91. The van der Waals surface area contributed by atoms with Crippen LogP contribution in [0.15, 0.2) is 4.99 Å². The number of nitrogens with one attached hydrogen (secondary N) is 2. The van der Waals surface area contributed by atoms with Crippen LogP contribution in [0.4, 0.5) is 0 Å². The predicted octanol–water partition coefficient (Wildman–Crippen LogP) is -3.06. The molecule has 1 rings (SSSR count). The third-order valence-corrected chi connectivity index (χ3v) is 5.44. The van der Waals surface area contributed by atoms with Crippen molar-refractivity contribution in [1.82, 2.24) is 15.5 Å².